The third-order valence-electron chi connectivity index (χ3n) is 4.27. The van der Waals surface area contributed by atoms with E-state index < -0.39 is 5.92 Å². The summed E-state index contributed by atoms with van der Waals surface area (Å²) in [6, 6.07) is 0.249. The van der Waals surface area contributed by atoms with Crippen LogP contribution in [0.1, 0.15) is 52.4 Å². The van der Waals surface area contributed by atoms with Crippen LogP contribution in [-0.2, 0) is 4.74 Å². The Morgan fingerprint density at radius 2 is 2.11 bits per heavy atom. The molecule has 0 amide bonds. The molecule has 1 N–H and O–H groups in total. The van der Waals surface area contributed by atoms with E-state index >= 15 is 0 Å². The van der Waals surface area contributed by atoms with Crippen LogP contribution in [0.4, 0.5) is 8.78 Å². The minimum absolute atomic E-state index is 0.0666. The molecular weight excluding hydrogens is 236 g/mol. The molecule has 0 spiro atoms. The largest absolute Gasteiger partial charge is 0.374 e. The van der Waals surface area contributed by atoms with Gasteiger partial charge in [0, 0.05) is 18.9 Å². The first-order valence-corrected chi connectivity index (χ1v) is 7.27. The van der Waals surface area contributed by atoms with Crippen molar-refractivity contribution < 1.29 is 13.5 Å². The van der Waals surface area contributed by atoms with Crippen LogP contribution in [0.5, 0.6) is 0 Å². The number of halogens is 2. The Bertz CT molecular complexity index is 273. The second-order valence-corrected chi connectivity index (χ2v) is 5.93. The zero-order valence-electron chi connectivity index (χ0n) is 11.4. The summed E-state index contributed by atoms with van der Waals surface area (Å²) in [4.78, 5) is 0. The molecule has 0 radical (unpaired) electrons. The standard InChI is InChI=1S/C14H25F2NO/c1-3-17-12(13-5-4-10(2)18-13)8-11-6-7-14(15,16)9-11/h10-13,17H,3-9H2,1-2H3. The lowest BCUT2D eigenvalue weighted by Gasteiger charge is -2.27. The van der Waals surface area contributed by atoms with E-state index in [4.69, 9.17) is 4.74 Å². The zero-order chi connectivity index (χ0) is 13.2. The van der Waals surface area contributed by atoms with Crippen LogP contribution in [0.3, 0.4) is 0 Å². The van der Waals surface area contributed by atoms with Crippen LogP contribution in [0.15, 0.2) is 0 Å². The van der Waals surface area contributed by atoms with Gasteiger partial charge in [-0.15, -0.1) is 0 Å². The molecule has 1 saturated heterocycles. The van der Waals surface area contributed by atoms with Gasteiger partial charge in [0.15, 0.2) is 0 Å². The Hall–Kier alpha value is -0.220. The maximum atomic E-state index is 13.2. The second-order valence-electron chi connectivity index (χ2n) is 5.93. The van der Waals surface area contributed by atoms with Gasteiger partial charge in [-0.2, -0.15) is 0 Å². The lowest BCUT2D eigenvalue weighted by Crippen LogP contribution is -2.41. The summed E-state index contributed by atoms with van der Waals surface area (Å²) in [6.07, 6.45) is 4.32. The highest BCUT2D eigenvalue weighted by Gasteiger charge is 2.41. The van der Waals surface area contributed by atoms with Crippen molar-refractivity contribution >= 4 is 0 Å². The summed E-state index contributed by atoms with van der Waals surface area (Å²) in [5, 5.41) is 3.43. The SMILES string of the molecule is CCNC(CC1CCC(F)(F)C1)C1CCC(C)O1. The van der Waals surface area contributed by atoms with Crippen molar-refractivity contribution in [3.8, 4) is 0 Å². The van der Waals surface area contributed by atoms with Crippen molar-refractivity contribution in [3.05, 3.63) is 0 Å². The Balaban J connectivity index is 1.86. The smallest absolute Gasteiger partial charge is 0.248 e. The monoisotopic (exact) mass is 261 g/mol. The number of hydrogen-bond donors (Lipinski definition) is 1. The van der Waals surface area contributed by atoms with E-state index in [-0.39, 0.29) is 30.9 Å². The molecule has 106 valence electrons. The van der Waals surface area contributed by atoms with Crippen LogP contribution in [0.2, 0.25) is 0 Å². The molecule has 1 heterocycles. The van der Waals surface area contributed by atoms with E-state index in [0.29, 0.717) is 12.5 Å². The first kappa shape index (κ1) is 14.2. The van der Waals surface area contributed by atoms with Crippen molar-refractivity contribution in [1.29, 1.82) is 0 Å². The highest BCUT2D eigenvalue weighted by molar-refractivity contribution is 4.89. The summed E-state index contributed by atoms with van der Waals surface area (Å²) >= 11 is 0. The molecule has 1 aliphatic heterocycles. The third kappa shape index (κ3) is 3.64. The molecule has 4 atom stereocenters. The highest BCUT2D eigenvalue weighted by atomic mass is 19.3. The summed E-state index contributed by atoms with van der Waals surface area (Å²) in [5.74, 6) is -2.27. The maximum absolute atomic E-state index is 13.2. The summed E-state index contributed by atoms with van der Waals surface area (Å²) in [7, 11) is 0. The van der Waals surface area contributed by atoms with Crippen molar-refractivity contribution in [1.82, 2.24) is 5.32 Å². The zero-order valence-corrected chi connectivity index (χ0v) is 11.4. The van der Waals surface area contributed by atoms with Gasteiger partial charge in [0.25, 0.3) is 0 Å². The number of ether oxygens (including phenoxy) is 1. The first-order valence-electron chi connectivity index (χ1n) is 7.27. The van der Waals surface area contributed by atoms with Crippen LogP contribution in [0.25, 0.3) is 0 Å². The maximum Gasteiger partial charge on any atom is 0.248 e. The normalized spacial score (nSPS) is 37.0. The van der Waals surface area contributed by atoms with Gasteiger partial charge < -0.3 is 10.1 Å². The van der Waals surface area contributed by atoms with Gasteiger partial charge in [0.2, 0.25) is 5.92 Å². The Morgan fingerprint density at radius 1 is 1.33 bits per heavy atom. The average molecular weight is 261 g/mol. The van der Waals surface area contributed by atoms with Gasteiger partial charge in [-0.05, 0) is 45.1 Å². The first-order chi connectivity index (χ1) is 8.50. The lowest BCUT2D eigenvalue weighted by atomic mass is 9.93. The van der Waals surface area contributed by atoms with E-state index in [9.17, 15) is 8.78 Å². The molecule has 2 rings (SSSR count). The minimum atomic E-state index is -2.43. The highest BCUT2D eigenvalue weighted by Crippen LogP contribution is 2.41. The summed E-state index contributed by atoms with van der Waals surface area (Å²) in [6.45, 7) is 5.03. The van der Waals surface area contributed by atoms with Gasteiger partial charge in [0.1, 0.15) is 0 Å². The molecule has 2 aliphatic rings. The summed E-state index contributed by atoms with van der Waals surface area (Å²) in [5.41, 5.74) is 0. The molecule has 18 heavy (non-hydrogen) atoms. The number of alkyl halides is 2. The predicted molar refractivity (Wildman–Crippen MR) is 67.9 cm³/mol. The van der Waals surface area contributed by atoms with E-state index in [0.717, 1.165) is 25.8 Å². The molecule has 2 nitrogen and oxygen atoms in total. The molecule has 1 saturated carbocycles. The van der Waals surface area contributed by atoms with Gasteiger partial charge in [-0.1, -0.05) is 6.92 Å². The van der Waals surface area contributed by atoms with Gasteiger partial charge in [-0.25, -0.2) is 8.78 Å². The van der Waals surface area contributed by atoms with Gasteiger partial charge >= 0.3 is 0 Å². The minimum Gasteiger partial charge on any atom is -0.374 e. The number of likely N-dealkylation sites (N-methyl/N-ethyl adjacent to an activating group) is 1. The van der Waals surface area contributed by atoms with Crippen LogP contribution >= 0.6 is 0 Å². The van der Waals surface area contributed by atoms with Crippen molar-refractivity contribution in [2.75, 3.05) is 6.54 Å². The molecule has 2 fully saturated rings. The third-order valence-corrected chi connectivity index (χ3v) is 4.27. The molecule has 1 aliphatic carbocycles. The van der Waals surface area contributed by atoms with E-state index in [2.05, 4.69) is 19.2 Å². The fraction of sp³-hybridized carbons (Fsp3) is 1.00. The second kappa shape index (κ2) is 5.83. The van der Waals surface area contributed by atoms with Crippen molar-refractivity contribution in [2.45, 2.75) is 76.5 Å². The summed E-state index contributed by atoms with van der Waals surface area (Å²) < 4.78 is 32.3. The fourth-order valence-corrected chi connectivity index (χ4v) is 3.36. The van der Waals surface area contributed by atoms with Crippen molar-refractivity contribution in [2.24, 2.45) is 5.92 Å². The molecule has 0 aromatic rings. The fourth-order valence-electron chi connectivity index (χ4n) is 3.36. The van der Waals surface area contributed by atoms with Crippen LogP contribution < -0.4 is 5.32 Å². The van der Waals surface area contributed by atoms with Crippen LogP contribution in [-0.4, -0.2) is 30.7 Å². The van der Waals surface area contributed by atoms with Gasteiger partial charge in [-0.3, -0.25) is 0 Å². The Morgan fingerprint density at radius 3 is 2.61 bits per heavy atom. The van der Waals surface area contributed by atoms with E-state index in [1.807, 2.05) is 0 Å². The molecule has 0 aromatic heterocycles. The number of rotatable bonds is 5. The molecule has 0 bridgehead atoms. The van der Waals surface area contributed by atoms with E-state index in [1.165, 1.54) is 0 Å². The predicted octanol–water partition coefficient (Wildman–Crippen LogP) is 3.36. The number of hydrogen-bond acceptors (Lipinski definition) is 2. The Labute approximate surface area is 108 Å². The average Bonchev–Trinajstić information content (AvgIpc) is 2.84. The Kier molecular flexibility index (Phi) is 4.59. The molecule has 4 heteroatoms. The van der Waals surface area contributed by atoms with E-state index in [1.54, 1.807) is 0 Å². The number of nitrogens with one attached hydrogen (secondary N) is 1. The van der Waals surface area contributed by atoms with Gasteiger partial charge in [0.05, 0.1) is 12.2 Å². The molecular formula is C14H25F2NO. The molecule has 0 aromatic carbocycles. The quantitative estimate of drug-likeness (QED) is 0.819. The topological polar surface area (TPSA) is 21.3 Å². The molecule has 4 unspecified atom stereocenters. The van der Waals surface area contributed by atoms with Crippen molar-refractivity contribution in [3.63, 3.8) is 0 Å². The lowest BCUT2D eigenvalue weighted by molar-refractivity contribution is 0.000236. The van der Waals surface area contributed by atoms with Crippen LogP contribution in [0, 0.1) is 5.92 Å².